The lowest BCUT2D eigenvalue weighted by Gasteiger charge is -2.27. The van der Waals surface area contributed by atoms with Gasteiger partial charge in [-0.25, -0.2) is 4.39 Å². The molecule has 2 unspecified atom stereocenters. The summed E-state index contributed by atoms with van der Waals surface area (Å²) in [5.41, 5.74) is 2.05. The first-order valence-electron chi connectivity index (χ1n) is 7.31. The third-order valence-electron chi connectivity index (χ3n) is 3.97. The van der Waals surface area contributed by atoms with Crippen LogP contribution in [-0.4, -0.2) is 13.1 Å². The fourth-order valence-corrected chi connectivity index (χ4v) is 3.24. The fourth-order valence-electron chi connectivity index (χ4n) is 2.83. The highest BCUT2D eigenvalue weighted by Crippen LogP contribution is 2.27. The van der Waals surface area contributed by atoms with Crippen molar-refractivity contribution in [1.82, 2.24) is 5.32 Å². The number of benzene rings is 2. The molecule has 112 valence electrons. The molecule has 0 saturated carbocycles. The zero-order chi connectivity index (χ0) is 15.2. The summed E-state index contributed by atoms with van der Waals surface area (Å²) in [4.78, 5) is 0. The Bertz CT molecular complexity index is 571. The molecule has 0 amide bonds. The standard InChI is InChI=1S/C18H21BrFN/c1-3-16(13-7-5-4-6-8-13)18(21-2)12-14-11-15(19)9-10-17(14)20/h4-11,16,18,21H,3,12H2,1-2H3. The second kappa shape index (κ2) is 7.71. The number of likely N-dealkylation sites (N-methyl/N-ethyl adjacent to an activating group) is 1. The summed E-state index contributed by atoms with van der Waals surface area (Å²) in [5.74, 6) is 0.232. The lowest BCUT2D eigenvalue weighted by Crippen LogP contribution is -2.34. The van der Waals surface area contributed by atoms with Crippen LogP contribution in [-0.2, 0) is 6.42 Å². The molecule has 2 aromatic rings. The van der Waals surface area contributed by atoms with Crippen LogP contribution in [0.5, 0.6) is 0 Å². The first kappa shape index (κ1) is 16.2. The van der Waals surface area contributed by atoms with Crippen LogP contribution in [0.4, 0.5) is 4.39 Å². The lowest BCUT2D eigenvalue weighted by molar-refractivity contribution is 0.441. The molecule has 1 N–H and O–H groups in total. The Kier molecular flexibility index (Phi) is 5.95. The Morgan fingerprint density at radius 1 is 1.14 bits per heavy atom. The van der Waals surface area contributed by atoms with Gasteiger partial charge in [-0.1, -0.05) is 53.2 Å². The largest absolute Gasteiger partial charge is 0.316 e. The van der Waals surface area contributed by atoms with Gasteiger partial charge in [0.15, 0.2) is 0 Å². The van der Waals surface area contributed by atoms with Gasteiger partial charge in [-0.3, -0.25) is 0 Å². The summed E-state index contributed by atoms with van der Waals surface area (Å²) in [5, 5.41) is 3.36. The molecule has 3 heteroatoms. The Morgan fingerprint density at radius 3 is 2.48 bits per heavy atom. The maximum atomic E-state index is 14.0. The van der Waals surface area contributed by atoms with Gasteiger partial charge >= 0.3 is 0 Å². The van der Waals surface area contributed by atoms with Crippen molar-refractivity contribution in [3.8, 4) is 0 Å². The molecule has 1 nitrogen and oxygen atoms in total. The molecule has 0 fully saturated rings. The number of hydrogen-bond acceptors (Lipinski definition) is 1. The van der Waals surface area contributed by atoms with Gasteiger partial charge in [0.25, 0.3) is 0 Å². The van der Waals surface area contributed by atoms with Gasteiger partial charge < -0.3 is 5.32 Å². The van der Waals surface area contributed by atoms with Gasteiger partial charge in [-0.2, -0.15) is 0 Å². The molecule has 0 aromatic heterocycles. The molecule has 2 atom stereocenters. The van der Waals surface area contributed by atoms with Crippen LogP contribution < -0.4 is 5.32 Å². The third kappa shape index (κ3) is 4.14. The van der Waals surface area contributed by atoms with Crippen LogP contribution in [0.15, 0.2) is 53.0 Å². The van der Waals surface area contributed by atoms with Crippen LogP contribution in [0, 0.1) is 5.82 Å². The average molecular weight is 350 g/mol. The first-order valence-corrected chi connectivity index (χ1v) is 8.11. The Hall–Kier alpha value is -1.19. The normalized spacial score (nSPS) is 13.9. The van der Waals surface area contributed by atoms with Crippen LogP contribution in [0.25, 0.3) is 0 Å². The average Bonchev–Trinajstić information content (AvgIpc) is 2.51. The molecule has 2 rings (SSSR count). The lowest BCUT2D eigenvalue weighted by atomic mass is 9.85. The SMILES string of the molecule is CCC(c1ccccc1)C(Cc1cc(Br)ccc1F)NC. The second-order valence-electron chi connectivity index (χ2n) is 5.26. The molecule has 0 heterocycles. The maximum absolute atomic E-state index is 14.0. The fraction of sp³-hybridized carbons (Fsp3) is 0.333. The van der Waals surface area contributed by atoms with Gasteiger partial charge in [-0.05, 0) is 55.1 Å². The number of halogens is 2. The summed E-state index contributed by atoms with van der Waals surface area (Å²) >= 11 is 3.42. The van der Waals surface area contributed by atoms with Crippen molar-refractivity contribution in [3.05, 3.63) is 69.9 Å². The molecule has 0 aliphatic heterocycles. The van der Waals surface area contributed by atoms with E-state index in [0.717, 1.165) is 16.5 Å². The smallest absolute Gasteiger partial charge is 0.126 e. The zero-order valence-electron chi connectivity index (χ0n) is 12.4. The molecule has 0 aliphatic carbocycles. The van der Waals surface area contributed by atoms with E-state index in [9.17, 15) is 4.39 Å². The highest BCUT2D eigenvalue weighted by atomic mass is 79.9. The van der Waals surface area contributed by atoms with E-state index in [0.29, 0.717) is 12.3 Å². The van der Waals surface area contributed by atoms with Crippen molar-refractivity contribution in [3.63, 3.8) is 0 Å². The predicted octanol–water partition coefficient (Wildman–Crippen LogP) is 4.91. The van der Waals surface area contributed by atoms with E-state index in [2.05, 4.69) is 52.4 Å². The summed E-state index contributed by atoms with van der Waals surface area (Å²) in [7, 11) is 1.95. The maximum Gasteiger partial charge on any atom is 0.126 e. The van der Waals surface area contributed by atoms with E-state index in [1.165, 1.54) is 11.6 Å². The summed E-state index contributed by atoms with van der Waals surface area (Å²) < 4.78 is 14.9. The third-order valence-corrected chi connectivity index (χ3v) is 4.46. The summed E-state index contributed by atoms with van der Waals surface area (Å²) in [6, 6.07) is 15.8. The van der Waals surface area contributed by atoms with Gasteiger partial charge in [0, 0.05) is 10.5 Å². The van der Waals surface area contributed by atoms with Crippen molar-refractivity contribution in [2.45, 2.75) is 31.7 Å². The van der Waals surface area contributed by atoms with E-state index < -0.39 is 0 Å². The van der Waals surface area contributed by atoms with Crippen LogP contribution in [0.3, 0.4) is 0 Å². The summed E-state index contributed by atoms with van der Waals surface area (Å²) in [6.07, 6.45) is 1.69. The Morgan fingerprint density at radius 2 is 1.86 bits per heavy atom. The van der Waals surface area contributed by atoms with E-state index in [4.69, 9.17) is 0 Å². The van der Waals surface area contributed by atoms with E-state index >= 15 is 0 Å². The van der Waals surface area contributed by atoms with Gasteiger partial charge in [0.05, 0.1) is 0 Å². The predicted molar refractivity (Wildman–Crippen MR) is 90.1 cm³/mol. The Balaban J connectivity index is 2.24. The van der Waals surface area contributed by atoms with Gasteiger partial charge in [0.1, 0.15) is 5.82 Å². The number of nitrogens with one attached hydrogen (secondary N) is 1. The molecule has 0 spiro atoms. The molecule has 0 radical (unpaired) electrons. The second-order valence-corrected chi connectivity index (χ2v) is 6.18. The topological polar surface area (TPSA) is 12.0 Å². The van der Waals surface area contributed by atoms with Crippen molar-refractivity contribution in [2.75, 3.05) is 7.05 Å². The minimum absolute atomic E-state index is 0.138. The van der Waals surface area contributed by atoms with Crippen LogP contribution in [0.1, 0.15) is 30.4 Å². The zero-order valence-corrected chi connectivity index (χ0v) is 14.0. The van der Waals surface area contributed by atoms with Gasteiger partial charge in [0.2, 0.25) is 0 Å². The molecular formula is C18H21BrFN. The quantitative estimate of drug-likeness (QED) is 0.780. The van der Waals surface area contributed by atoms with Crippen molar-refractivity contribution in [2.24, 2.45) is 0 Å². The number of rotatable bonds is 6. The van der Waals surface area contributed by atoms with E-state index in [1.54, 1.807) is 6.07 Å². The highest BCUT2D eigenvalue weighted by Gasteiger charge is 2.21. The van der Waals surface area contributed by atoms with E-state index in [-0.39, 0.29) is 11.9 Å². The minimum Gasteiger partial charge on any atom is -0.316 e. The molecule has 0 bridgehead atoms. The highest BCUT2D eigenvalue weighted by molar-refractivity contribution is 9.10. The molecule has 2 aromatic carbocycles. The monoisotopic (exact) mass is 349 g/mol. The van der Waals surface area contributed by atoms with Crippen molar-refractivity contribution < 1.29 is 4.39 Å². The number of hydrogen-bond donors (Lipinski definition) is 1. The first-order chi connectivity index (χ1) is 10.2. The van der Waals surface area contributed by atoms with Gasteiger partial charge in [-0.15, -0.1) is 0 Å². The Labute approximate surface area is 134 Å². The molecular weight excluding hydrogens is 329 g/mol. The summed E-state index contributed by atoms with van der Waals surface area (Å²) in [6.45, 7) is 2.18. The minimum atomic E-state index is -0.138. The van der Waals surface area contributed by atoms with Crippen molar-refractivity contribution in [1.29, 1.82) is 0 Å². The van der Waals surface area contributed by atoms with Crippen molar-refractivity contribution >= 4 is 15.9 Å². The molecule has 0 aliphatic rings. The van der Waals surface area contributed by atoms with Crippen LogP contribution >= 0.6 is 15.9 Å². The van der Waals surface area contributed by atoms with E-state index in [1.807, 2.05) is 19.2 Å². The van der Waals surface area contributed by atoms with Crippen LogP contribution in [0.2, 0.25) is 0 Å². The molecule has 21 heavy (non-hydrogen) atoms. The molecule has 0 saturated heterocycles.